The summed E-state index contributed by atoms with van der Waals surface area (Å²) < 4.78 is 22.8. The van der Waals surface area contributed by atoms with Crippen LogP contribution in [0.4, 0.5) is 10.1 Å². The van der Waals surface area contributed by atoms with Gasteiger partial charge in [-0.3, -0.25) is 4.79 Å². The molecule has 0 spiro atoms. The molecular formula is C20H24FN3O4. The van der Waals surface area contributed by atoms with Gasteiger partial charge in [0, 0.05) is 24.8 Å². The Bertz CT molecular complexity index is 1050. The Balaban J connectivity index is 1.99. The highest BCUT2D eigenvalue weighted by molar-refractivity contribution is 5.97. The monoisotopic (exact) mass is 389 g/mol. The minimum absolute atomic E-state index is 0.0180. The molecule has 2 aromatic rings. The number of nitrogens with zero attached hydrogens (tertiary/aromatic N) is 2. The lowest BCUT2D eigenvalue weighted by Crippen LogP contribution is -2.44. The summed E-state index contributed by atoms with van der Waals surface area (Å²) in [5.74, 6) is -1.44. The number of nitrogens with two attached hydrogens (primary N) is 1. The number of benzene rings is 1. The standard InChI is InChI=1S/C20H24FN3O4/c1-4-11-6-23(9-20(11,3)22)16-14(21)5-12-15-18(16)28-8-10(2)24(15)7-13(17(12)25)19(26)27/h5,7,10-11H,4,6,8-9,22H2,1-3H3,(H,26,27)/t10-,11?,20?/m0/s1. The van der Waals surface area contributed by atoms with E-state index in [2.05, 4.69) is 6.92 Å². The van der Waals surface area contributed by atoms with Gasteiger partial charge in [0.2, 0.25) is 5.43 Å². The average Bonchev–Trinajstić information content (AvgIpc) is 2.93. The molecule has 8 heteroatoms. The molecular weight excluding hydrogens is 365 g/mol. The van der Waals surface area contributed by atoms with Crippen molar-refractivity contribution < 1.29 is 19.0 Å². The third-order valence-electron chi connectivity index (χ3n) is 6.09. The molecule has 1 aromatic heterocycles. The van der Waals surface area contributed by atoms with Crippen LogP contribution in [-0.4, -0.2) is 40.9 Å². The van der Waals surface area contributed by atoms with Crippen molar-refractivity contribution in [2.24, 2.45) is 11.7 Å². The summed E-state index contributed by atoms with van der Waals surface area (Å²) in [5.41, 5.74) is 5.62. The summed E-state index contributed by atoms with van der Waals surface area (Å²) in [6.07, 6.45) is 2.20. The molecule has 2 aliphatic rings. The topological polar surface area (TPSA) is 97.8 Å². The Kier molecular flexibility index (Phi) is 4.15. The predicted octanol–water partition coefficient (Wildman–Crippen LogP) is 2.36. The molecule has 2 unspecified atom stereocenters. The van der Waals surface area contributed by atoms with Crippen LogP contribution in [0.3, 0.4) is 0 Å². The Labute approximate surface area is 161 Å². The van der Waals surface area contributed by atoms with Crippen molar-refractivity contribution in [1.82, 2.24) is 4.57 Å². The van der Waals surface area contributed by atoms with E-state index in [1.165, 1.54) is 6.20 Å². The summed E-state index contributed by atoms with van der Waals surface area (Å²) in [4.78, 5) is 26.0. The number of pyridine rings is 1. The molecule has 28 heavy (non-hydrogen) atoms. The number of aromatic carboxylic acids is 1. The first-order chi connectivity index (χ1) is 13.2. The molecule has 0 aliphatic carbocycles. The normalized spacial score (nSPS) is 26.5. The molecule has 1 saturated heterocycles. The lowest BCUT2D eigenvalue weighted by molar-refractivity contribution is 0.0694. The van der Waals surface area contributed by atoms with E-state index in [1.807, 2.05) is 18.7 Å². The number of carboxylic acids is 1. The van der Waals surface area contributed by atoms with Crippen LogP contribution in [0.2, 0.25) is 0 Å². The zero-order valence-electron chi connectivity index (χ0n) is 16.2. The summed E-state index contributed by atoms with van der Waals surface area (Å²) in [5, 5.41) is 9.39. The van der Waals surface area contributed by atoms with Crippen molar-refractivity contribution in [3.05, 3.63) is 33.9 Å². The highest BCUT2D eigenvalue weighted by atomic mass is 19.1. The van der Waals surface area contributed by atoms with E-state index in [-0.39, 0.29) is 35.3 Å². The third-order valence-corrected chi connectivity index (χ3v) is 6.09. The van der Waals surface area contributed by atoms with Gasteiger partial charge >= 0.3 is 5.97 Å². The summed E-state index contributed by atoms with van der Waals surface area (Å²) in [6, 6.07) is 0.947. The zero-order chi connectivity index (χ0) is 20.4. The summed E-state index contributed by atoms with van der Waals surface area (Å²) in [6.45, 7) is 7.20. The molecule has 0 saturated carbocycles. The number of anilines is 1. The minimum Gasteiger partial charge on any atom is -0.487 e. The van der Waals surface area contributed by atoms with Crippen LogP contribution < -0.4 is 20.8 Å². The molecule has 0 amide bonds. The van der Waals surface area contributed by atoms with Gasteiger partial charge in [-0.05, 0) is 32.3 Å². The molecule has 1 aromatic carbocycles. The number of hydrogen-bond donors (Lipinski definition) is 2. The SMILES string of the molecule is CCC1CN(c2c(F)cc3c(=O)c(C(=O)O)cn4c3c2OC[C@@H]4C)CC1(C)N. The molecule has 150 valence electrons. The number of aromatic nitrogens is 1. The van der Waals surface area contributed by atoms with E-state index in [0.29, 0.717) is 24.3 Å². The zero-order valence-corrected chi connectivity index (χ0v) is 16.2. The van der Waals surface area contributed by atoms with Crippen molar-refractivity contribution in [1.29, 1.82) is 0 Å². The van der Waals surface area contributed by atoms with E-state index in [1.54, 1.807) is 4.57 Å². The van der Waals surface area contributed by atoms with Gasteiger partial charge in [0.15, 0.2) is 11.6 Å². The molecule has 7 nitrogen and oxygen atoms in total. The Morgan fingerprint density at radius 1 is 1.50 bits per heavy atom. The average molecular weight is 389 g/mol. The Morgan fingerprint density at radius 2 is 2.21 bits per heavy atom. The first-order valence-corrected chi connectivity index (χ1v) is 9.47. The highest BCUT2D eigenvalue weighted by Crippen LogP contribution is 2.44. The number of ether oxygens (including phenoxy) is 1. The number of carboxylic acid groups (broad SMARTS) is 1. The Hall–Kier alpha value is -2.61. The van der Waals surface area contributed by atoms with Gasteiger partial charge in [-0.15, -0.1) is 0 Å². The third kappa shape index (κ3) is 2.58. The van der Waals surface area contributed by atoms with Gasteiger partial charge in [-0.1, -0.05) is 6.92 Å². The predicted molar refractivity (Wildman–Crippen MR) is 104 cm³/mol. The number of hydrogen-bond acceptors (Lipinski definition) is 5. The molecule has 3 heterocycles. The fourth-order valence-corrected chi connectivity index (χ4v) is 4.50. The van der Waals surface area contributed by atoms with E-state index in [0.717, 1.165) is 12.5 Å². The van der Waals surface area contributed by atoms with Crippen molar-refractivity contribution in [3.8, 4) is 5.75 Å². The van der Waals surface area contributed by atoms with E-state index in [9.17, 15) is 14.7 Å². The second-order valence-corrected chi connectivity index (χ2v) is 8.17. The number of rotatable bonds is 3. The smallest absolute Gasteiger partial charge is 0.341 e. The van der Waals surface area contributed by atoms with Gasteiger partial charge in [-0.2, -0.15) is 0 Å². The van der Waals surface area contributed by atoms with Crippen molar-refractivity contribution in [2.45, 2.75) is 38.8 Å². The molecule has 2 aliphatic heterocycles. The first kappa shape index (κ1) is 18.7. The van der Waals surface area contributed by atoms with Crippen LogP contribution in [-0.2, 0) is 0 Å². The van der Waals surface area contributed by atoms with Crippen LogP contribution in [0.5, 0.6) is 5.75 Å². The number of halogens is 1. The first-order valence-electron chi connectivity index (χ1n) is 9.47. The van der Waals surface area contributed by atoms with Crippen LogP contribution in [0.25, 0.3) is 10.9 Å². The molecule has 3 N–H and O–H groups in total. The summed E-state index contributed by atoms with van der Waals surface area (Å²) in [7, 11) is 0. The fourth-order valence-electron chi connectivity index (χ4n) is 4.50. The maximum absolute atomic E-state index is 15.2. The molecule has 0 bridgehead atoms. The van der Waals surface area contributed by atoms with Crippen LogP contribution in [0.15, 0.2) is 17.1 Å². The van der Waals surface area contributed by atoms with Gasteiger partial charge < -0.3 is 25.0 Å². The maximum Gasteiger partial charge on any atom is 0.341 e. The summed E-state index contributed by atoms with van der Waals surface area (Å²) >= 11 is 0. The van der Waals surface area contributed by atoms with Crippen molar-refractivity contribution in [2.75, 3.05) is 24.6 Å². The largest absolute Gasteiger partial charge is 0.487 e. The van der Waals surface area contributed by atoms with Crippen molar-refractivity contribution in [3.63, 3.8) is 0 Å². The highest BCUT2D eigenvalue weighted by Gasteiger charge is 2.41. The van der Waals surface area contributed by atoms with Gasteiger partial charge in [0.1, 0.15) is 17.9 Å². The van der Waals surface area contributed by atoms with Crippen molar-refractivity contribution >= 4 is 22.6 Å². The van der Waals surface area contributed by atoms with Crippen LogP contribution in [0, 0.1) is 11.7 Å². The Morgan fingerprint density at radius 3 is 2.82 bits per heavy atom. The quantitative estimate of drug-likeness (QED) is 0.836. The van der Waals surface area contributed by atoms with Gasteiger partial charge in [0.25, 0.3) is 0 Å². The molecule has 1 fully saturated rings. The van der Waals surface area contributed by atoms with Crippen LogP contribution in [0.1, 0.15) is 43.6 Å². The molecule has 4 rings (SSSR count). The fraction of sp³-hybridized carbons (Fsp3) is 0.500. The minimum atomic E-state index is -1.33. The molecule has 3 atom stereocenters. The molecule has 0 radical (unpaired) electrons. The second kappa shape index (κ2) is 6.20. The maximum atomic E-state index is 15.2. The lowest BCUT2D eigenvalue weighted by Gasteiger charge is -2.31. The lowest BCUT2D eigenvalue weighted by atomic mass is 9.88. The second-order valence-electron chi connectivity index (χ2n) is 8.17. The van der Waals surface area contributed by atoms with E-state index >= 15 is 4.39 Å². The van der Waals surface area contributed by atoms with Gasteiger partial charge in [-0.25, -0.2) is 9.18 Å². The number of carbonyl (C=O) groups is 1. The van der Waals surface area contributed by atoms with Gasteiger partial charge in [0.05, 0.1) is 16.9 Å². The van der Waals surface area contributed by atoms with Crippen LogP contribution >= 0.6 is 0 Å². The van der Waals surface area contributed by atoms with E-state index in [4.69, 9.17) is 10.5 Å². The van der Waals surface area contributed by atoms with E-state index < -0.39 is 22.8 Å².